The van der Waals surface area contributed by atoms with Crippen LogP contribution < -0.4 is 9.47 Å². The van der Waals surface area contributed by atoms with Gasteiger partial charge in [0, 0.05) is 5.56 Å². The predicted octanol–water partition coefficient (Wildman–Crippen LogP) is 0.926. The van der Waals surface area contributed by atoms with E-state index in [0.717, 1.165) is 0 Å². The van der Waals surface area contributed by atoms with Crippen molar-refractivity contribution in [1.82, 2.24) is 0 Å². The van der Waals surface area contributed by atoms with Crippen LogP contribution >= 0.6 is 0 Å². The number of fused-ring (bicyclic) bond motifs is 1. The number of carbonyl (C=O) groups is 2. The minimum Gasteiger partial charge on any atom is -0.478 e. The van der Waals surface area contributed by atoms with Gasteiger partial charge in [0.05, 0.1) is 5.56 Å². The van der Waals surface area contributed by atoms with E-state index in [1.807, 2.05) is 0 Å². The van der Waals surface area contributed by atoms with Crippen molar-refractivity contribution in [3.05, 3.63) is 23.3 Å². The molecular formula is C9H6O5. The van der Waals surface area contributed by atoms with Gasteiger partial charge in [0.1, 0.15) is 0 Å². The highest BCUT2D eigenvalue weighted by atomic mass is 16.7. The lowest BCUT2D eigenvalue weighted by atomic mass is 10.1. The lowest BCUT2D eigenvalue weighted by Gasteiger charge is -2.01. The van der Waals surface area contributed by atoms with E-state index in [9.17, 15) is 9.59 Å². The molecule has 5 heteroatoms. The highest BCUT2D eigenvalue weighted by Gasteiger charge is 2.19. The first kappa shape index (κ1) is 8.55. The van der Waals surface area contributed by atoms with Crippen molar-refractivity contribution in [2.75, 3.05) is 6.79 Å². The molecule has 1 heterocycles. The summed E-state index contributed by atoms with van der Waals surface area (Å²) >= 11 is 0. The molecule has 0 bridgehead atoms. The molecule has 5 nitrogen and oxygen atoms in total. The SMILES string of the molecule is O=Cc1cc2c(cc1C(=O)O)OCO2. The van der Waals surface area contributed by atoms with E-state index < -0.39 is 5.97 Å². The Bertz CT molecular complexity index is 410. The Kier molecular flexibility index (Phi) is 1.85. The second kappa shape index (κ2) is 3.02. The summed E-state index contributed by atoms with van der Waals surface area (Å²) in [5.41, 5.74) is 0.00556. The van der Waals surface area contributed by atoms with Crippen LogP contribution in [-0.2, 0) is 0 Å². The Morgan fingerprint density at radius 2 is 2.00 bits per heavy atom. The van der Waals surface area contributed by atoms with Crippen molar-refractivity contribution >= 4 is 12.3 Å². The minimum atomic E-state index is -1.16. The highest BCUT2D eigenvalue weighted by Crippen LogP contribution is 2.34. The average Bonchev–Trinajstić information content (AvgIpc) is 2.62. The zero-order chi connectivity index (χ0) is 10.1. The van der Waals surface area contributed by atoms with Crippen LogP contribution in [0.2, 0.25) is 0 Å². The molecule has 1 aromatic rings. The van der Waals surface area contributed by atoms with Crippen molar-refractivity contribution in [3.63, 3.8) is 0 Å². The van der Waals surface area contributed by atoms with Gasteiger partial charge in [0.15, 0.2) is 17.8 Å². The van der Waals surface area contributed by atoms with E-state index in [4.69, 9.17) is 14.6 Å². The first-order valence-corrected chi connectivity index (χ1v) is 3.84. The van der Waals surface area contributed by atoms with Crippen LogP contribution in [-0.4, -0.2) is 24.2 Å². The molecule has 0 saturated carbocycles. The molecule has 72 valence electrons. The summed E-state index contributed by atoms with van der Waals surface area (Å²) in [6.07, 6.45) is 0.478. The zero-order valence-electron chi connectivity index (χ0n) is 7.02. The number of carbonyl (C=O) groups excluding carboxylic acids is 1. The van der Waals surface area contributed by atoms with Crippen LogP contribution in [0.3, 0.4) is 0 Å². The molecule has 0 amide bonds. The number of hydrogen-bond donors (Lipinski definition) is 1. The van der Waals surface area contributed by atoms with Gasteiger partial charge in [0.25, 0.3) is 0 Å². The van der Waals surface area contributed by atoms with E-state index in [1.54, 1.807) is 0 Å². The van der Waals surface area contributed by atoms with Gasteiger partial charge in [-0.3, -0.25) is 4.79 Å². The van der Waals surface area contributed by atoms with Crippen molar-refractivity contribution in [2.45, 2.75) is 0 Å². The Morgan fingerprint density at radius 3 is 2.57 bits per heavy atom. The van der Waals surface area contributed by atoms with E-state index in [1.165, 1.54) is 12.1 Å². The standard InChI is InChI=1S/C9H6O5/c10-3-5-1-7-8(14-4-13-7)2-6(5)9(11)12/h1-3H,4H2,(H,11,12). The van der Waals surface area contributed by atoms with Crippen molar-refractivity contribution in [2.24, 2.45) is 0 Å². The third-order valence-electron chi connectivity index (χ3n) is 1.90. The maximum atomic E-state index is 10.7. The molecule has 0 fully saturated rings. The van der Waals surface area contributed by atoms with Crippen LogP contribution in [0.15, 0.2) is 12.1 Å². The molecule has 0 saturated heterocycles. The van der Waals surface area contributed by atoms with E-state index in [-0.39, 0.29) is 17.9 Å². The van der Waals surface area contributed by atoms with Gasteiger partial charge in [-0.25, -0.2) is 4.79 Å². The van der Waals surface area contributed by atoms with Crippen LogP contribution in [0, 0.1) is 0 Å². The summed E-state index contributed by atoms with van der Waals surface area (Å²) in [4.78, 5) is 21.3. The normalized spacial score (nSPS) is 12.6. The van der Waals surface area contributed by atoms with Crippen LogP contribution in [0.25, 0.3) is 0 Å². The lowest BCUT2D eigenvalue weighted by molar-refractivity contribution is 0.0693. The number of ether oxygens (including phenoxy) is 2. The molecule has 2 rings (SSSR count). The molecule has 1 N–H and O–H groups in total. The smallest absolute Gasteiger partial charge is 0.336 e. The fourth-order valence-electron chi connectivity index (χ4n) is 1.24. The highest BCUT2D eigenvalue weighted by molar-refractivity contribution is 5.98. The molecule has 0 spiro atoms. The van der Waals surface area contributed by atoms with Gasteiger partial charge in [-0.15, -0.1) is 0 Å². The predicted molar refractivity (Wildman–Crippen MR) is 44.9 cm³/mol. The van der Waals surface area contributed by atoms with Gasteiger partial charge in [-0.05, 0) is 12.1 Å². The van der Waals surface area contributed by atoms with Crippen LogP contribution in [0.5, 0.6) is 11.5 Å². The van der Waals surface area contributed by atoms with Crippen molar-refractivity contribution in [3.8, 4) is 11.5 Å². The summed E-state index contributed by atoms with van der Waals surface area (Å²) in [7, 11) is 0. The summed E-state index contributed by atoms with van der Waals surface area (Å²) in [5, 5.41) is 8.77. The molecule has 0 unspecified atom stereocenters. The molecule has 0 atom stereocenters. The van der Waals surface area contributed by atoms with Crippen molar-refractivity contribution < 1.29 is 24.2 Å². The van der Waals surface area contributed by atoms with E-state index >= 15 is 0 Å². The van der Waals surface area contributed by atoms with Crippen LogP contribution in [0.1, 0.15) is 20.7 Å². The topological polar surface area (TPSA) is 72.8 Å². The van der Waals surface area contributed by atoms with Crippen molar-refractivity contribution in [1.29, 1.82) is 0 Å². The summed E-state index contributed by atoms with van der Waals surface area (Å²) in [6, 6.07) is 2.65. The first-order chi connectivity index (χ1) is 6.72. The Morgan fingerprint density at radius 1 is 1.36 bits per heavy atom. The molecule has 1 aliphatic rings. The monoisotopic (exact) mass is 194 g/mol. The Labute approximate surface area is 78.9 Å². The maximum absolute atomic E-state index is 10.7. The molecule has 1 aromatic carbocycles. The van der Waals surface area contributed by atoms with Crippen LogP contribution in [0.4, 0.5) is 0 Å². The fraction of sp³-hybridized carbons (Fsp3) is 0.111. The number of carboxylic acid groups (broad SMARTS) is 1. The Balaban J connectivity index is 2.59. The van der Waals surface area contributed by atoms with Gasteiger partial charge in [0.2, 0.25) is 6.79 Å². The number of aldehydes is 1. The molecule has 0 radical (unpaired) electrons. The molecule has 14 heavy (non-hydrogen) atoms. The number of hydrogen-bond acceptors (Lipinski definition) is 4. The summed E-state index contributed by atoms with van der Waals surface area (Å²) in [5.74, 6) is -0.407. The third kappa shape index (κ3) is 1.19. The molecule has 1 aliphatic heterocycles. The van der Waals surface area contributed by atoms with Gasteiger partial charge < -0.3 is 14.6 Å². The third-order valence-corrected chi connectivity index (χ3v) is 1.90. The molecular weight excluding hydrogens is 188 g/mol. The maximum Gasteiger partial charge on any atom is 0.336 e. The number of carboxylic acids is 1. The number of benzene rings is 1. The van der Waals surface area contributed by atoms with E-state index in [0.29, 0.717) is 17.8 Å². The van der Waals surface area contributed by atoms with Gasteiger partial charge in [-0.2, -0.15) is 0 Å². The summed E-state index contributed by atoms with van der Waals surface area (Å²) in [6.45, 7) is 0.0523. The fourth-order valence-corrected chi connectivity index (χ4v) is 1.24. The number of rotatable bonds is 2. The zero-order valence-corrected chi connectivity index (χ0v) is 7.02. The largest absolute Gasteiger partial charge is 0.478 e. The van der Waals surface area contributed by atoms with Gasteiger partial charge in [-0.1, -0.05) is 0 Å². The lowest BCUT2D eigenvalue weighted by Crippen LogP contribution is -2.01. The number of aromatic carboxylic acids is 1. The van der Waals surface area contributed by atoms with E-state index in [2.05, 4.69) is 0 Å². The second-order valence-electron chi connectivity index (χ2n) is 2.72. The molecule has 0 aliphatic carbocycles. The molecule has 0 aromatic heterocycles. The second-order valence-corrected chi connectivity index (χ2v) is 2.72. The van der Waals surface area contributed by atoms with Gasteiger partial charge >= 0.3 is 5.97 Å². The minimum absolute atomic E-state index is 0.0523. The Hall–Kier alpha value is -2.04. The average molecular weight is 194 g/mol. The summed E-state index contributed by atoms with van der Waals surface area (Å²) < 4.78 is 9.99. The quantitative estimate of drug-likeness (QED) is 0.709. The first-order valence-electron chi connectivity index (χ1n) is 3.84.